The van der Waals surface area contributed by atoms with Crippen LogP contribution in [-0.4, -0.2) is 23.5 Å². The van der Waals surface area contributed by atoms with Gasteiger partial charge in [0.2, 0.25) is 0 Å². The van der Waals surface area contributed by atoms with Crippen molar-refractivity contribution in [1.82, 2.24) is 9.88 Å². The van der Waals surface area contributed by atoms with E-state index in [1.807, 2.05) is 12.4 Å². The molecule has 2 heteroatoms. The van der Waals surface area contributed by atoms with E-state index in [0.717, 1.165) is 18.7 Å². The van der Waals surface area contributed by atoms with E-state index in [4.69, 9.17) is 0 Å². The van der Waals surface area contributed by atoms with Crippen LogP contribution >= 0.6 is 0 Å². The number of likely N-dealkylation sites (N-methyl/N-ethyl adjacent to an activating group) is 1. The minimum Gasteiger partial charge on any atom is -0.374 e. The Morgan fingerprint density at radius 1 is 1.58 bits per heavy atom. The lowest BCUT2D eigenvalue weighted by molar-refractivity contribution is 0.469. The highest BCUT2D eigenvalue weighted by Crippen LogP contribution is 2.24. The summed E-state index contributed by atoms with van der Waals surface area (Å²) in [6.07, 6.45) is 4.85. The first kappa shape index (κ1) is 7.35. The van der Waals surface area contributed by atoms with Crippen molar-refractivity contribution in [1.29, 1.82) is 0 Å². The minimum absolute atomic E-state index is 1.07. The Kier molecular flexibility index (Phi) is 1.61. The zero-order chi connectivity index (χ0) is 8.55. The maximum absolute atomic E-state index is 4.10. The highest BCUT2D eigenvalue weighted by atomic mass is 15.1. The lowest BCUT2D eigenvalue weighted by atomic mass is 10.0. The molecule has 2 nitrogen and oxygen atoms in total. The van der Waals surface area contributed by atoms with Crippen LogP contribution in [0.1, 0.15) is 11.1 Å². The van der Waals surface area contributed by atoms with Crippen LogP contribution in [0.25, 0.3) is 5.70 Å². The van der Waals surface area contributed by atoms with Gasteiger partial charge >= 0.3 is 0 Å². The monoisotopic (exact) mass is 160 g/mol. The van der Waals surface area contributed by atoms with Gasteiger partial charge in [0.25, 0.3) is 0 Å². The second-order valence-electron chi connectivity index (χ2n) is 3.15. The van der Waals surface area contributed by atoms with E-state index in [2.05, 4.69) is 29.6 Å². The second kappa shape index (κ2) is 2.63. The minimum atomic E-state index is 1.07. The SMILES string of the molecule is C=C1c2cnccc2CCN1C. The molecule has 0 N–H and O–H groups in total. The molecule has 2 heterocycles. The molecular formula is C10H12N2. The molecule has 0 fully saturated rings. The third-order valence-corrected chi connectivity index (χ3v) is 2.40. The van der Waals surface area contributed by atoms with Crippen molar-refractivity contribution in [2.24, 2.45) is 0 Å². The first-order chi connectivity index (χ1) is 5.79. The molecule has 0 saturated heterocycles. The molecule has 0 bridgehead atoms. The molecule has 1 aromatic heterocycles. The van der Waals surface area contributed by atoms with Crippen LogP contribution < -0.4 is 0 Å². The molecular weight excluding hydrogens is 148 g/mol. The van der Waals surface area contributed by atoms with Crippen molar-refractivity contribution in [3.63, 3.8) is 0 Å². The van der Waals surface area contributed by atoms with Crippen molar-refractivity contribution in [3.05, 3.63) is 36.2 Å². The van der Waals surface area contributed by atoms with Gasteiger partial charge in [-0.15, -0.1) is 0 Å². The van der Waals surface area contributed by atoms with E-state index >= 15 is 0 Å². The van der Waals surface area contributed by atoms with Gasteiger partial charge in [-0.25, -0.2) is 0 Å². The van der Waals surface area contributed by atoms with Crippen LogP contribution in [-0.2, 0) is 6.42 Å². The van der Waals surface area contributed by atoms with E-state index in [1.54, 1.807) is 0 Å². The molecule has 0 atom stereocenters. The van der Waals surface area contributed by atoms with Gasteiger partial charge in [-0.2, -0.15) is 0 Å². The topological polar surface area (TPSA) is 16.1 Å². The van der Waals surface area contributed by atoms with E-state index in [0.29, 0.717) is 0 Å². The first-order valence-electron chi connectivity index (χ1n) is 4.12. The average Bonchev–Trinajstić information content (AvgIpc) is 2.12. The highest BCUT2D eigenvalue weighted by molar-refractivity contribution is 5.65. The van der Waals surface area contributed by atoms with Crippen molar-refractivity contribution in [2.45, 2.75) is 6.42 Å². The molecule has 0 saturated carbocycles. The molecule has 0 unspecified atom stereocenters. The van der Waals surface area contributed by atoms with Crippen LogP contribution in [0, 0.1) is 0 Å². The predicted octanol–water partition coefficient (Wildman–Crippen LogP) is 1.54. The Labute approximate surface area is 72.5 Å². The Morgan fingerprint density at radius 3 is 3.25 bits per heavy atom. The fraction of sp³-hybridized carbons (Fsp3) is 0.300. The van der Waals surface area contributed by atoms with Gasteiger partial charge in [-0.3, -0.25) is 4.98 Å². The summed E-state index contributed by atoms with van der Waals surface area (Å²) >= 11 is 0. The highest BCUT2D eigenvalue weighted by Gasteiger charge is 2.15. The van der Waals surface area contributed by atoms with Gasteiger partial charge in [0, 0.05) is 37.2 Å². The summed E-state index contributed by atoms with van der Waals surface area (Å²) in [5.74, 6) is 0. The van der Waals surface area contributed by atoms with Gasteiger partial charge in [-0.1, -0.05) is 6.58 Å². The fourth-order valence-corrected chi connectivity index (χ4v) is 1.53. The molecule has 1 aliphatic heterocycles. The van der Waals surface area contributed by atoms with Gasteiger partial charge in [0.1, 0.15) is 0 Å². The van der Waals surface area contributed by atoms with Crippen LogP contribution in [0.5, 0.6) is 0 Å². The van der Waals surface area contributed by atoms with Gasteiger partial charge in [0.05, 0.1) is 0 Å². The molecule has 62 valence electrons. The maximum atomic E-state index is 4.10. The summed E-state index contributed by atoms with van der Waals surface area (Å²) in [6.45, 7) is 5.09. The van der Waals surface area contributed by atoms with Gasteiger partial charge < -0.3 is 4.90 Å². The second-order valence-corrected chi connectivity index (χ2v) is 3.15. The molecule has 0 amide bonds. The lowest BCUT2D eigenvalue weighted by Gasteiger charge is -2.28. The van der Waals surface area contributed by atoms with Crippen LogP contribution in [0.15, 0.2) is 25.0 Å². The molecule has 0 aromatic carbocycles. The molecule has 0 aliphatic carbocycles. The van der Waals surface area contributed by atoms with E-state index in [-0.39, 0.29) is 0 Å². The summed E-state index contributed by atoms with van der Waals surface area (Å²) in [5, 5.41) is 0. The van der Waals surface area contributed by atoms with Crippen molar-refractivity contribution < 1.29 is 0 Å². The summed E-state index contributed by atoms with van der Waals surface area (Å²) in [5.41, 5.74) is 3.66. The predicted molar refractivity (Wildman–Crippen MR) is 49.6 cm³/mol. The third kappa shape index (κ3) is 0.998. The number of fused-ring (bicyclic) bond motifs is 1. The standard InChI is InChI=1S/C10H12N2/c1-8-10-7-11-5-3-9(10)4-6-12(8)2/h3,5,7H,1,4,6H2,2H3. The number of hydrogen-bond donors (Lipinski definition) is 0. The fourth-order valence-electron chi connectivity index (χ4n) is 1.53. The Balaban J connectivity index is 2.49. The van der Waals surface area contributed by atoms with Crippen LogP contribution in [0.3, 0.4) is 0 Å². The zero-order valence-electron chi connectivity index (χ0n) is 7.25. The zero-order valence-corrected chi connectivity index (χ0v) is 7.25. The quantitative estimate of drug-likeness (QED) is 0.572. The van der Waals surface area contributed by atoms with E-state index < -0.39 is 0 Å². The number of rotatable bonds is 0. The Morgan fingerprint density at radius 2 is 2.42 bits per heavy atom. The summed E-state index contributed by atoms with van der Waals surface area (Å²) in [6, 6.07) is 2.08. The van der Waals surface area contributed by atoms with Gasteiger partial charge in [-0.05, 0) is 18.1 Å². The first-order valence-corrected chi connectivity index (χ1v) is 4.12. The van der Waals surface area contributed by atoms with Crippen molar-refractivity contribution >= 4 is 5.70 Å². The molecule has 2 rings (SSSR count). The van der Waals surface area contributed by atoms with Crippen molar-refractivity contribution in [2.75, 3.05) is 13.6 Å². The smallest absolute Gasteiger partial charge is 0.0382 e. The number of pyridine rings is 1. The molecule has 0 spiro atoms. The summed E-state index contributed by atoms with van der Waals surface area (Å²) in [4.78, 5) is 6.27. The van der Waals surface area contributed by atoms with E-state index in [1.165, 1.54) is 11.1 Å². The third-order valence-electron chi connectivity index (χ3n) is 2.40. The molecule has 1 aliphatic rings. The molecule has 0 radical (unpaired) electrons. The summed E-state index contributed by atoms with van der Waals surface area (Å²) < 4.78 is 0. The van der Waals surface area contributed by atoms with E-state index in [9.17, 15) is 0 Å². The maximum Gasteiger partial charge on any atom is 0.0382 e. The number of hydrogen-bond acceptors (Lipinski definition) is 2. The molecule has 1 aromatic rings. The Hall–Kier alpha value is -1.31. The van der Waals surface area contributed by atoms with Crippen molar-refractivity contribution in [3.8, 4) is 0 Å². The largest absolute Gasteiger partial charge is 0.374 e. The number of nitrogens with zero attached hydrogens (tertiary/aromatic N) is 2. The lowest BCUT2D eigenvalue weighted by Crippen LogP contribution is -2.24. The summed E-state index contributed by atoms with van der Waals surface area (Å²) in [7, 11) is 2.07. The van der Waals surface area contributed by atoms with Crippen LogP contribution in [0.4, 0.5) is 0 Å². The number of aromatic nitrogens is 1. The average molecular weight is 160 g/mol. The normalized spacial score (nSPS) is 16.1. The van der Waals surface area contributed by atoms with Crippen LogP contribution in [0.2, 0.25) is 0 Å². The van der Waals surface area contributed by atoms with Gasteiger partial charge in [0.15, 0.2) is 0 Å². The Bertz CT molecular complexity index is 317. The molecule has 12 heavy (non-hydrogen) atoms.